The number of halogens is 2. The highest BCUT2D eigenvalue weighted by Gasteiger charge is 2.37. The van der Waals surface area contributed by atoms with Gasteiger partial charge in [0.15, 0.2) is 0 Å². The fourth-order valence-corrected chi connectivity index (χ4v) is 6.44. The first-order valence-corrected chi connectivity index (χ1v) is 13.1. The Kier molecular flexibility index (Phi) is 7.26. The minimum Gasteiger partial charge on any atom is -0.494 e. The van der Waals surface area contributed by atoms with E-state index in [1.165, 1.54) is 10.4 Å². The second-order valence-corrected chi connectivity index (χ2v) is 10.8. The van der Waals surface area contributed by atoms with Crippen LogP contribution < -0.4 is 4.74 Å². The molecule has 2 fully saturated rings. The fraction of sp³-hybridized carbons (Fsp3) is 0.458. The number of ether oxygens (including phenoxy) is 1. The quantitative estimate of drug-likeness (QED) is 0.586. The van der Waals surface area contributed by atoms with Gasteiger partial charge < -0.3 is 9.64 Å². The molecule has 0 bridgehead atoms. The molecule has 2 saturated heterocycles. The average molecular weight is 495 g/mol. The van der Waals surface area contributed by atoms with Crippen molar-refractivity contribution < 1.29 is 22.3 Å². The van der Waals surface area contributed by atoms with Crippen LogP contribution in [0.15, 0.2) is 47.4 Å². The van der Waals surface area contributed by atoms with Gasteiger partial charge in [-0.1, -0.05) is 23.7 Å². The molecule has 2 aliphatic heterocycles. The summed E-state index contributed by atoms with van der Waals surface area (Å²) in [6.45, 7) is 3.75. The number of piperidine rings is 1. The molecule has 4 rings (SSSR count). The fourth-order valence-electron chi connectivity index (χ4n) is 4.69. The van der Waals surface area contributed by atoms with Crippen LogP contribution in [-0.4, -0.2) is 49.8 Å². The molecule has 1 atom stereocenters. The van der Waals surface area contributed by atoms with Crippen molar-refractivity contribution in [2.24, 2.45) is 5.92 Å². The summed E-state index contributed by atoms with van der Waals surface area (Å²) in [6, 6.07) is 11.4. The van der Waals surface area contributed by atoms with Gasteiger partial charge in [-0.2, -0.15) is 4.31 Å². The number of amides is 1. The highest BCUT2D eigenvalue weighted by atomic mass is 35.5. The van der Waals surface area contributed by atoms with Crippen LogP contribution >= 0.6 is 11.6 Å². The van der Waals surface area contributed by atoms with E-state index in [-0.39, 0.29) is 40.9 Å². The molecule has 6 nitrogen and oxygen atoms in total. The van der Waals surface area contributed by atoms with Gasteiger partial charge >= 0.3 is 0 Å². The Labute approximate surface area is 199 Å². The van der Waals surface area contributed by atoms with Gasteiger partial charge in [-0.15, -0.1) is 0 Å². The van der Waals surface area contributed by atoms with Crippen molar-refractivity contribution in [3.63, 3.8) is 0 Å². The minimum absolute atomic E-state index is 0.0335. The van der Waals surface area contributed by atoms with Crippen LogP contribution in [-0.2, 0) is 14.8 Å². The summed E-state index contributed by atoms with van der Waals surface area (Å²) in [5.74, 6) is 0.0329. The van der Waals surface area contributed by atoms with E-state index >= 15 is 0 Å². The molecule has 9 heteroatoms. The van der Waals surface area contributed by atoms with E-state index in [0.717, 1.165) is 36.3 Å². The van der Waals surface area contributed by atoms with Crippen molar-refractivity contribution in [3.8, 4) is 5.75 Å². The van der Waals surface area contributed by atoms with Crippen LogP contribution in [0.1, 0.15) is 44.2 Å². The molecule has 0 spiro atoms. The maximum absolute atomic E-state index is 13.4. The summed E-state index contributed by atoms with van der Waals surface area (Å²) < 4.78 is 46.2. The summed E-state index contributed by atoms with van der Waals surface area (Å²) in [5.41, 5.74) is 1.09. The van der Waals surface area contributed by atoms with Crippen LogP contribution in [0.5, 0.6) is 5.75 Å². The lowest BCUT2D eigenvalue weighted by molar-refractivity contribution is -0.137. The Bertz CT molecular complexity index is 1100. The third-order valence-corrected chi connectivity index (χ3v) is 8.63. The van der Waals surface area contributed by atoms with Crippen LogP contribution in [0.25, 0.3) is 0 Å². The van der Waals surface area contributed by atoms with Crippen molar-refractivity contribution in [3.05, 3.63) is 58.9 Å². The van der Waals surface area contributed by atoms with Gasteiger partial charge in [0, 0.05) is 25.6 Å². The number of carbonyl (C=O) groups excluding carboxylic acids is 1. The molecule has 178 valence electrons. The molecule has 0 radical (unpaired) electrons. The molecule has 33 heavy (non-hydrogen) atoms. The first kappa shape index (κ1) is 24.0. The van der Waals surface area contributed by atoms with E-state index in [2.05, 4.69) is 0 Å². The molecule has 0 aliphatic carbocycles. The standard InChI is InChI=1S/C24H28ClFN2O4S/c1-2-32-19-7-5-17(6-8-19)23-4-3-13-28(23)24(29)18-11-14-27(15-12-18)33(30,31)20-9-10-22(26)21(25)16-20/h5-10,16,18,23H,2-4,11-15H2,1H3. The maximum atomic E-state index is 13.4. The Morgan fingerprint density at radius 1 is 1.09 bits per heavy atom. The largest absolute Gasteiger partial charge is 0.494 e. The number of rotatable bonds is 6. The first-order chi connectivity index (χ1) is 15.8. The van der Waals surface area contributed by atoms with Gasteiger partial charge in [0.25, 0.3) is 0 Å². The molecule has 1 amide bonds. The van der Waals surface area contributed by atoms with Crippen molar-refractivity contribution in [2.75, 3.05) is 26.2 Å². The summed E-state index contributed by atoms with van der Waals surface area (Å²) in [4.78, 5) is 15.3. The van der Waals surface area contributed by atoms with Crippen molar-refractivity contribution in [1.29, 1.82) is 0 Å². The van der Waals surface area contributed by atoms with Crippen LogP contribution in [0.3, 0.4) is 0 Å². The zero-order valence-corrected chi connectivity index (χ0v) is 20.1. The lowest BCUT2D eigenvalue weighted by Gasteiger charge is -2.34. The molecular weight excluding hydrogens is 467 g/mol. The molecule has 2 aromatic carbocycles. The molecule has 0 saturated carbocycles. The van der Waals surface area contributed by atoms with Gasteiger partial charge in [-0.3, -0.25) is 4.79 Å². The van der Waals surface area contributed by atoms with Crippen LogP contribution in [0, 0.1) is 11.7 Å². The number of likely N-dealkylation sites (tertiary alicyclic amines) is 1. The van der Waals surface area contributed by atoms with E-state index in [1.807, 2.05) is 36.1 Å². The summed E-state index contributed by atoms with van der Waals surface area (Å²) in [6.07, 6.45) is 2.78. The van der Waals surface area contributed by atoms with E-state index in [9.17, 15) is 17.6 Å². The predicted octanol–water partition coefficient (Wildman–Crippen LogP) is 4.64. The molecule has 1 unspecified atom stereocenters. The van der Waals surface area contributed by atoms with Gasteiger partial charge in [-0.05, 0) is 68.5 Å². The summed E-state index contributed by atoms with van der Waals surface area (Å²) in [7, 11) is -3.79. The normalized spacial score (nSPS) is 20.2. The minimum atomic E-state index is -3.79. The second kappa shape index (κ2) is 9.99. The Morgan fingerprint density at radius 3 is 2.42 bits per heavy atom. The van der Waals surface area contributed by atoms with E-state index in [4.69, 9.17) is 16.3 Å². The van der Waals surface area contributed by atoms with E-state index in [1.54, 1.807) is 0 Å². The number of hydrogen-bond acceptors (Lipinski definition) is 4. The number of sulfonamides is 1. The first-order valence-electron chi connectivity index (χ1n) is 11.3. The van der Waals surface area contributed by atoms with E-state index in [0.29, 0.717) is 26.0 Å². The highest BCUT2D eigenvalue weighted by Crippen LogP contribution is 2.36. The Morgan fingerprint density at radius 2 is 1.79 bits per heavy atom. The van der Waals surface area contributed by atoms with E-state index < -0.39 is 15.8 Å². The third kappa shape index (κ3) is 5.03. The van der Waals surface area contributed by atoms with Gasteiger partial charge in [-0.25, -0.2) is 12.8 Å². The van der Waals surface area contributed by atoms with Gasteiger partial charge in [0.05, 0.1) is 22.6 Å². The predicted molar refractivity (Wildman–Crippen MR) is 124 cm³/mol. The van der Waals surface area contributed by atoms with Crippen molar-refractivity contribution in [1.82, 2.24) is 9.21 Å². The van der Waals surface area contributed by atoms with Crippen molar-refractivity contribution in [2.45, 2.75) is 43.5 Å². The zero-order valence-electron chi connectivity index (χ0n) is 18.5. The Balaban J connectivity index is 1.40. The molecule has 0 N–H and O–H groups in total. The number of nitrogens with zero attached hydrogens (tertiary/aromatic N) is 2. The second-order valence-electron chi connectivity index (χ2n) is 8.45. The highest BCUT2D eigenvalue weighted by molar-refractivity contribution is 7.89. The summed E-state index contributed by atoms with van der Waals surface area (Å²) in [5, 5.41) is -0.226. The summed E-state index contributed by atoms with van der Waals surface area (Å²) >= 11 is 5.77. The molecular formula is C24H28ClFN2O4S. The lowest BCUT2D eigenvalue weighted by atomic mass is 9.95. The number of carbonyl (C=O) groups is 1. The third-order valence-electron chi connectivity index (χ3n) is 6.44. The zero-order chi connectivity index (χ0) is 23.6. The van der Waals surface area contributed by atoms with Crippen molar-refractivity contribution >= 4 is 27.5 Å². The van der Waals surface area contributed by atoms with Crippen LogP contribution in [0.4, 0.5) is 4.39 Å². The topological polar surface area (TPSA) is 66.9 Å². The smallest absolute Gasteiger partial charge is 0.243 e. The van der Waals surface area contributed by atoms with Crippen LogP contribution in [0.2, 0.25) is 5.02 Å². The molecule has 2 heterocycles. The number of benzene rings is 2. The molecule has 2 aliphatic rings. The van der Waals surface area contributed by atoms with Gasteiger partial charge in [0.2, 0.25) is 15.9 Å². The molecule has 0 aromatic heterocycles. The monoisotopic (exact) mass is 494 g/mol. The number of hydrogen-bond donors (Lipinski definition) is 0. The lowest BCUT2D eigenvalue weighted by Crippen LogP contribution is -2.44. The maximum Gasteiger partial charge on any atom is 0.243 e. The molecule has 2 aromatic rings. The SMILES string of the molecule is CCOc1ccc(C2CCCN2C(=O)C2CCN(S(=O)(=O)c3ccc(F)c(Cl)c3)CC2)cc1. The average Bonchev–Trinajstić information content (AvgIpc) is 3.31. The Hall–Kier alpha value is -2.16. The van der Waals surface area contributed by atoms with Gasteiger partial charge in [0.1, 0.15) is 11.6 Å².